The number of nitrogens with two attached hydrogens (primary N) is 1. The van der Waals surface area contributed by atoms with Gasteiger partial charge in [0.1, 0.15) is 6.04 Å². The van der Waals surface area contributed by atoms with Crippen LogP contribution in [0.2, 0.25) is 0 Å². The molecule has 4 nitrogen and oxygen atoms in total. The Labute approximate surface area is 60.4 Å². The van der Waals surface area contributed by atoms with Gasteiger partial charge in [0.15, 0.2) is 0 Å². The summed E-state index contributed by atoms with van der Waals surface area (Å²) in [5, 5.41) is 2.75. The third-order valence-corrected chi connectivity index (χ3v) is 1.82. The van der Waals surface area contributed by atoms with Gasteiger partial charge in [-0.25, -0.2) is 0 Å². The van der Waals surface area contributed by atoms with Crippen LogP contribution in [-0.2, 0) is 4.79 Å². The number of hydrogen-bond acceptors (Lipinski definition) is 3. The van der Waals surface area contributed by atoms with Crippen LogP contribution in [0.15, 0.2) is 0 Å². The predicted molar refractivity (Wildman–Crippen MR) is 38.5 cm³/mol. The summed E-state index contributed by atoms with van der Waals surface area (Å²) in [6.07, 6.45) is 0. The van der Waals surface area contributed by atoms with Crippen molar-refractivity contribution in [1.29, 1.82) is 0 Å². The van der Waals surface area contributed by atoms with Gasteiger partial charge in [-0.15, -0.1) is 0 Å². The highest BCUT2D eigenvalue weighted by Gasteiger charge is 2.24. The van der Waals surface area contributed by atoms with Gasteiger partial charge in [-0.05, 0) is 7.05 Å². The van der Waals surface area contributed by atoms with Gasteiger partial charge in [-0.3, -0.25) is 9.69 Å². The Morgan fingerprint density at radius 1 is 1.90 bits per heavy atom. The van der Waals surface area contributed by atoms with E-state index in [2.05, 4.69) is 5.32 Å². The second-order valence-corrected chi connectivity index (χ2v) is 2.52. The Kier molecular flexibility index (Phi) is 2.24. The van der Waals surface area contributed by atoms with E-state index in [1.54, 1.807) is 0 Å². The highest BCUT2D eigenvalue weighted by atomic mass is 16.2. The lowest BCUT2D eigenvalue weighted by Gasteiger charge is -2.30. The van der Waals surface area contributed by atoms with E-state index < -0.39 is 0 Å². The Morgan fingerprint density at radius 3 is 3.00 bits per heavy atom. The average molecular weight is 143 g/mol. The number of rotatable bonds is 1. The number of carbonyl (C=O) groups is 1. The molecule has 0 spiro atoms. The molecule has 1 atom stereocenters. The molecule has 4 heteroatoms. The number of hydrogen-bond donors (Lipinski definition) is 2. The lowest BCUT2D eigenvalue weighted by molar-refractivity contribution is -0.127. The first-order valence-corrected chi connectivity index (χ1v) is 3.43. The molecule has 3 N–H and O–H groups in total. The van der Waals surface area contributed by atoms with Crippen LogP contribution in [0.3, 0.4) is 0 Å². The minimum Gasteiger partial charge on any atom is -0.353 e. The summed E-state index contributed by atoms with van der Waals surface area (Å²) in [4.78, 5) is 13.0. The topological polar surface area (TPSA) is 58.4 Å². The predicted octanol–water partition coefficient (Wildman–Crippen LogP) is -1.62. The van der Waals surface area contributed by atoms with Crippen LogP contribution in [0.4, 0.5) is 0 Å². The van der Waals surface area contributed by atoms with Crippen LogP contribution in [0.5, 0.6) is 0 Å². The van der Waals surface area contributed by atoms with Crippen LogP contribution in [0, 0.1) is 0 Å². The fraction of sp³-hybridized carbons (Fsp3) is 0.833. The lowest BCUT2D eigenvalue weighted by Crippen LogP contribution is -2.56. The van der Waals surface area contributed by atoms with Gasteiger partial charge in [-0.1, -0.05) is 0 Å². The van der Waals surface area contributed by atoms with E-state index in [9.17, 15) is 4.79 Å². The molecule has 1 heterocycles. The first-order chi connectivity index (χ1) is 4.75. The number of likely N-dealkylation sites (N-methyl/N-ethyl adjacent to an activating group) is 1. The van der Waals surface area contributed by atoms with E-state index >= 15 is 0 Å². The Bertz CT molecular complexity index is 137. The average Bonchev–Trinajstić information content (AvgIpc) is 1.88. The molecule has 0 aromatic heterocycles. The molecule has 1 fully saturated rings. The van der Waals surface area contributed by atoms with Crippen molar-refractivity contribution in [2.45, 2.75) is 6.04 Å². The molecule has 0 aromatic carbocycles. The summed E-state index contributed by atoms with van der Waals surface area (Å²) in [7, 11) is 1.91. The van der Waals surface area contributed by atoms with Crippen LogP contribution in [0.1, 0.15) is 0 Å². The van der Waals surface area contributed by atoms with Crippen molar-refractivity contribution >= 4 is 5.91 Å². The maximum atomic E-state index is 11.0. The second kappa shape index (κ2) is 2.98. The maximum absolute atomic E-state index is 11.0. The number of amides is 1. The molecule has 0 saturated carbocycles. The van der Waals surface area contributed by atoms with Gasteiger partial charge in [0, 0.05) is 19.6 Å². The molecule has 1 aliphatic heterocycles. The molecule has 0 bridgehead atoms. The molecule has 1 rings (SSSR count). The van der Waals surface area contributed by atoms with Crippen LogP contribution >= 0.6 is 0 Å². The Balaban J connectivity index is 2.53. The van der Waals surface area contributed by atoms with E-state index in [0.29, 0.717) is 6.54 Å². The van der Waals surface area contributed by atoms with Gasteiger partial charge in [0.05, 0.1) is 0 Å². The zero-order valence-corrected chi connectivity index (χ0v) is 6.13. The van der Waals surface area contributed by atoms with Gasteiger partial charge in [-0.2, -0.15) is 0 Å². The SMILES string of the molecule is CN1CCNC(=O)C1CN. The normalized spacial score (nSPS) is 28.2. The summed E-state index contributed by atoms with van der Waals surface area (Å²) in [6.45, 7) is 2.04. The molecule has 1 amide bonds. The van der Waals surface area contributed by atoms with E-state index in [-0.39, 0.29) is 11.9 Å². The molecular formula is C6H13N3O. The van der Waals surface area contributed by atoms with Gasteiger partial charge in [0.25, 0.3) is 0 Å². The molecule has 10 heavy (non-hydrogen) atoms. The molecule has 0 aliphatic carbocycles. The van der Waals surface area contributed by atoms with Gasteiger partial charge >= 0.3 is 0 Å². The van der Waals surface area contributed by atoms with E-state index in [0.717, 1.165) is 13.1 Å². The third kappa shape index (κ3) is 1.27. The molecule has 1 saturated heterocycles. The summed E-state index contributed by atoms with van der Waals surface area (Å²) >= 11 is 0. The number of nitrogens with zero attached hydrogens (tertiary/aromatic N) is 1. The highest BCUT2D eigenvalue weighted by Crippen LogP contribution is 1.97. The van der Waals surface area contributed by atoms with Gasteiger partial charge in [0.2, 0.25) is 5.91 Å². The van der Waals surface area contributed by atoms with Crippen molar-refractivity contribution in [2.75, 3.05) is 26.7 Å². The highest BCUT2D eigenvalue weighted by molar-refractivity contribution is 5.82. The number of carbonyl (C=O) groups excluding carboxylic acids is 1. The molecule has 0 radical (unpaired) electrons. The summed E-state index contributed by atoms with van der Waals surface area (Å²) in [6, 6.07) is -0.117. The van der Waals surface area contributed by atoms with Crippen LogP contribution < -0.4 is 11.1 Å². The molecule has 1 unspecified atom stereocenters. The van der Waals surface area contributed by atoms with Crippen molar-refractivity contribution < 1.29 is 4.79 Å². The quantitative estimate of drug-likeness (QED) is 0.463. The maximum Gasteiger partial charge on any atom is 0.238 e. The smallest absolute Gasteiger partial charge is 0.238 e. The largest absolute Gasteiger partial charge is 0.353 e. The van der Waals surface area contributed by atoms with Crippen LogP contribution in [0.25, 0.3) is 0 Å². The third-order valence-electron chi connectivity index (χ3n) is 1.82. The van der Waals surface area contributed by atoms with Crippen molar-refractivity contribution in [3.05, 3.63) is 0 Å². The summed E-state index contributed by atoms with van der Waals surface area (Å²) in [5.41, 5.74) is 5.38. The number of piperazine rings is 1. The number of nitrogens with one attached hydrogen (secondary N) is 1. The molecular weight excluding hydrogens is 130 g/mol. The zero-order valence-electron chi connectivity index (χ0n) is 6.13. The lowest BCUT2D eigenvalue weighted by atomic mass is 10.2. The van der Waals surface area contributed by atoms with Crippen molar-refractivity contribution in [3.8, 4) is 0 Å². The van der Waals surface area contributed by atoms with Crippen molar-refractivity contribution in [2.24, 2.45) is 5.73 Å². The Hall–Kier alpha value is -0.610. The van der Waals surface area contributed by atoms with E-state index in [4.69, 9.17) is 5.73 Å². The standard InChI is InChI=1S/C6H13N3O/c1-9-3-2-8-6(10)5(9)4-7/h5H,2-4,7H2,1H3,(H,8,10). The minimum absolute atomic E-state index is 0.0521. The first-order valence-electron chi connectivity index (χ1n) is 3.43. The van der Waals surface area contributed by atoms with E-state index in [1.807, 2.05) is 11.9 Å². The molecule has 1 aliphatic rings. The minimum atomic E-state index is -0.117. The summed E-state index contributed by atoms with van der Waals surface area (Å²) < 4.78 is 0. The van der Waals surface area contributed by atoms with E-state index in [1.165, 1.54) is 0 Å². The first kappa shape index (κ1) is 7.50. The van der Waals surface area contributed by atoms with Crippen molar-refractivity contribution in [3.63, 3.8) is 0 Å². The summed E-state index contributed by atoms with van der Waals surface area (Å²) in [5.74, 6) is 0.0521. The monoisotopic (exact) mass is 143 g/mol. The molecule has 0 aromatic rings. The Morgan fingerprint density at radius 2 is 2.60 bits per heavy atom. The fourth-order valence-corrected chi connectivity index (χ4v) is 1.12. The second-order valence-electron chi connectivity index (χ2n) is 2.52. The fourth-order valence-electron chi connectivity index (χ4n) is 1.12. The molecule has 58 valence electrons. The van der Waals surface area contributed by atoms with Gasteiger partial charge < -0.3 is 11.1 Å². The van der Waals surface area contributed by atoms with Crippen molar-refractivity contribution in [1.82, 2.24) is 10.2 Å². The zero-order chi connectivity index (χ0) is 7.56. The van der Waals surface area contributed by atoms with Crippen LogP contribution in [-0.4, -0.2) is 43.5 Å².